The van der Waals surface area contributed by atoms with Crippen molar-refractivity contribution in [2.45, 2.75) is 91.5 Å². The number of carbonyl (C=O) groups is 2. The SMILES string of the molecule is CC(=O)O[C@H]1CC[C@@]2(C)C(=CC[C@@H]3[C@@H]2CC[C@]2(C)C(C(=O)CO[Si](C)(C)C)=CC[C@@H]32)C1. The van der Waals surface area contributed by atoms with Crippen LogP contribution in [-0.2, 0) is 18.8 Å². The molecule has 0 amide bonds. The van der Waals surface area contributed by atoms with Crippen LogP contribution in [0.15, 0.2) is 23.3 Å². The second-order valence-corrected chi connectivity index (χ2v) is 16.4. The first-order valence-electron chi connectivity index (χ1n) is 12.2. The molecule has 0 unspecified atom stereocenters. The quantitative estimate of drug-likeness (QED) is 0.304. The summed E-state index contributed by atoms with van der Waals surface area (Å²) in [5, 5.41) is 0. The van der Waals surface area contributed by atoms with Gasteiger partial charge in [0.05, 0.1) is 6.61 Å². The third kappa shape index (κ3) is 4.13. The molecule has 4 aliphatic carbocycles. The molecule has 0 N–H and O–H groups in total. The second-order valence-electron chi connectivity index (χ2n) is 11.9. The first-order valence-corrected chi connectivity index (χ1v) is 15.6. The van der Waals surface area contributed by atoms with Gasteiger partial charge in [0, 0.05) is 13.3 Å². The fourth-order valence-corrected chi connectivity index (χ4v) is 7.89. The van der Waals surface area contributed by atoms with Crippen LogP contribution in [0.1, 0.15) is 65.7 Å². The van der Waals surface area contributed by atoms with Gasteiger partial charge in [-0.1, -0.05) is 31.6 Å². The Morgan fingerprint density at radius 1 is 1.03 bits per heavy atom. The van der Waals surface area contributed by atoms with Gasteiger partial charge in [0.2, 0.25) is 0 Å². The predicted molar refractivity (Wildman–Crippen MR) is 125 cm³/mol. The van der Waals surface area contributed by atoms with Crippen molar-refractivity contribution in [1.82, 2.24) is 0 Å². The monoisotopic (exact) mass is 444 g/mol. The molecule has 0 aliphatic heterocycles. The van der Waals surface area contributed by atoms with Crippen molar-refractivity contribution in [3.8, 4) is 0 Å². The first-order chi connectivity index (χ1) is 14.4. The minimum Gasteiger partial charge on any atom is -0.462 e. The highest BCUT2D eigenvalue weighted by Gasteiger charge is 2.57. The normalized spacial score (nSPS) is 39.5. The summed E-state index contributed by atoms with van der Waals surface area (Å²) in [6, 6.07) is 0. The molecule has 4 rings (SSSR count). The number of hydrogen-bond donors (Lipinski definition) is 0. The average molecular weight is 445 g/mol. The van der Waals surface area contributed by atoms with Gasteiger partial charge < -0.3 is 9.16 Å². The lowest BCUT2D eigenvalue weighted by atomic mass is 9.47. The van der Waals surface area contributed by atoms with Crippen molar-refractivity contribution in [3.63, 3.8) is 0 Å². The molecule has 5 heteroatoms. The predicted octanol–water partition coefficient (Wildman–Crippen LogP) is 5.84. The van der Waals surface area contributed by atoms with E-state index >= 15 is 0 Å². The Balaban J connectivity index is 1.50. The van der Waals surface area contributed by atoms with Crippen LogP contribution in [-0.4, -0.2) is 32.8 Å². The van der Waals surface area contributed by atoms with Gasteiger partial charge in [-0.25, -0.2) is 0 Å². The smallest absolute Gasteiger partial charge is 0.302 e. The van der Waals surface area contributed by atoms with Gasteiger partial charge in [-0.3, -0.25) is 9.59 Å². The fraction of sp³-hybridized carbons (Fsp3) is 0.769. The van der Waals surface area contributed by atoms with Gasteiger partial charge in [-0.05, 0) is 92.3 Å². The molecule has 0 aromatic rings. The molecule has 2 fully saturated rings. The minimum absolute atomic E-state index is 0.00229. The zero-order chi connectivity index (χ0) is 22.6. The molecule has 0 radical (unpaired) electrons. The van der Waals surface area contributed by atoms with Crippen LogP contribution in [0.3, 0.4) is 0 Å². The zero-order valence-corrected chi connectivity index (χ0v) is 21.3. The molecule has 172 valence electrons. The Kier molecular flexibility index (Phi) is 5.92. The summed E-state index contributed by atoms with van der Waals surface area (Å²) in [6.45, 7) is 13.0. The topological polar surface area (TPSA) is 52.6 Å². The maximum atomic E-state index is 13.1. The van der Waals surface area contributed by atoms with Gasteiger partial charge >= 0.3 is 5.97 Å². The van der Waals surface area contributed by atoms with Crippen LogP contribution < -0.4 is 0 Å². The van der Waals surface area contributed by atoms with Gasteiger partial charge in [-0.2, -0.15) is 0 Å². The Morgan fingerprint density at radius 3 is 2.42 bits per heavy atom. The van der Waals surface area contributed by atoms with Gasteiger partial charge in [-0.15, -0.1) is 0 Å². The standard InChI is InChI=1S/C26H40O4Si/c1-17(27)30-19-11-13-25(2)18(15-19)7-8-20-21-9-10-23(24(28)16-29-31(4,5)6)26(21,3)14-12-22(20)25/h7,10,19-22H,8-9,11-16H2,1-6H3/t19-,20-,21-,22-,25-,26-/m0/s1. The van der Waals surface area contributed by atoms with Crippen molar-refractivity contribution >= 4 is 20.1 Å². The molecule has 2 saturated carbocycles. The number of rotatable bonds is 5. The molecule has 4 aliphatic rings. The molecule has 4 nitrogen and oxygen atoms in total. The summed E-state index contributed by atoms with van der Waals surface area (Å²) >= 11 is 0. The van der Waals surface area contributed by atoms with Crippen LogP contribution in [0.5, 0.6) is 0 Å². The molecular formula is C26H40O4Si. The maximum absolute atomic E-state index is 13.1. The van der Waals surface area contributed by atoms with E-state index in [2.05, 4.69) is 45.6 Å². The Morgan fingerprint density at radius 2 is 1.74 bits per heavy atom. The molecule has 6 atom stereocenters. The van der Waals surface area contributed by atoms with Gasteiger partial charge in [0.1, 0.15) is 6.10 Å². The van der Waals surface area contributed by atoms with Crippen molar-refractivity contribution < 1.29 is 18.8 Å². The van der Waals surface area contributed by atoms with Crippen LogP contribution in [0, 0.1) is 28.6 Å². The molecule has 0 spiro atoms. The number of ketones is 1. The summed E-state index contributed by atoms with van der Waals surface area (Å²) in [5.74, 6) is 1.91. The number of allylic oxidation sites excluding steroid dienone is 2. The van der Waals surface area contributed by atoms with E-state index in [1.54, 1.807) is 0 Å². The van der Waals surface area contributed by atoms with Crippen molar-refractivity contribution in [2.24, 2.45) is 28.6 Å². The van der Waals surface area contributed by atoms with E-state index in [-0.39, 0.29) is 35.3 Å². The summed E-state index contributed by atoms with van der Waals surface area (Å²) in [4.78, 5) is 24.5. The molecule has 0 bridgehead atoms. The lowest BCUT2D eigenvalue weighted by Gasteiger charge is -2.57. The molecular weight excluding hydrogens is 404 g/mol. The Bertz CT molecular complexity index is 822. The molecule has 0 aromatic carbocycles. The van der Waals surface area contributed by atoms with Gasteiger partial charge in [0.25, 0.3) is 0 Å². The summed E-state index contributed by atoms with van der Waals surface area (Å²) < 4.78 is 11.5. The van der Waals surface area contributed by atoms with Crippen LogP contribution in [0.2, 0.25) is 19.6 Å². The van der Waals surface area contributed by atoms with E-state index in [4.69, 9.17) is 9.16 Å². The third-order valence-corrected chi connectivity index (χ3v) is 9.92. The largest absolute Gasteiger partial charge is 0.462 e. The van der Waals surface area contributed by atoms with Crippen LogP contribution in [0.25, 0.3) is 0 Å². The average Bonchev–Trinajstić information content (AvgIpc) is 3.03. The minimum atomic E-state index is -1.70. The first kappa shape index (κ1) is 23.0. The third-order valence-electron chi connectivity index (χ3n) is 8.91. The van der Waals surface area contributed by atoms with E-state index in [1.165, 1.54) is 18.9 Å². The maximum Gasteiger partial charge on any atom is 0.302 e. The Hall–Kier alpha value is -1.20. The zero-order valence-electron chi connectivity index (χ0n) is 20.3. The number of hydrogen-bond acceptors (Lipinski definition) is 4. The summed E-state index contributed by atoms with van der Waals surface area (Å²) in [7, 11) is -1.70. The molecule has 0 saturated heterocycles. The van der Waals surface area contributed by atoms with E-state index < -0.39 is 8.32 Å². The van der Waals surface area contributed by atoms with Crippen molar-refractivity contribution in [1.29, 1.82) is 0 Å². The number of Topliss-reactive ketones (excluding diaryl/α,β-unsaturated/α-hetero) is 1. The molecule has 31 heavy (non-hydrogen) atoms. The highest BCUT2D eigenvalue weighted by atomic mass is 28.4. The van der Waals surface area contributed by atoms with E-state index in [9.17, 15) is 9.59 Å². The number of ether oxygens (including phenoxy) is 1. The van der Waals surface area contributed by atoms with Crippen LogP contribution in [0.4, 0.5) is 0 Å². The second kappa shape index (κ2) is 7.98. The summed E-state index contributed by atoms with van der Waals surface area (Å²) in [6.07, 6.45) is 12.1. The van der Waals surface area contributed by atoms with E-state index in [0.29, 0.717) is 17.8 Å². The fourth-order valence-electron chi connectivity index (χ4n) is 7.32. The number of fused-ring (bicyclic) bond motifs is 5. The van der Waals surface area contributed by atoms with Gasteiger partial charge in [0.15, 0.2) is 14.1 Å². The molecule has 0 heterocycles. The van der Waals surface area contributed by atoms with Crippen molar-refractivity contribution in [2.75, 3.05) is 6.61 Å². The van der Waals surface area contributed by atoms with E-state index in [1.807, 2.05) is 0 Å². The number of carbonyl (C=O) groups excluding carboxylic acids is 2. The van der Waals surface area contributed by atoms with Crippen LogP contribution >= 0.6 is 0 Å². The van der Waals surface area contributed by atoms with Crippen molar-refractivity contribution in [3.05, 3.63) is 23.3 Å². The lowest BCUT2D eigenvalue weighted by Crippen LogP contribution is -2.50. The lowest BCUT2D eigenvalue weighted by molar-refractivity contribution is -0.148. The highest BCUT2D eigenvalue weighted by molar-refractivity contribution is 6.69. The van der Waals surface area contributed by atoms with E-state index in [0.717, 1.165) is 44.1 Å². The highest BCUT2D eigenvalue weighted by Crippen LogP contribution is 2.65. The molecule has 0 aromatic heterocycles. The summed E-state index contributed by atoms with van der Waals surface area (Å²) in [5.41, 5.74) is 2.78. The Labute approximate surface area is 189 Å². The number of esters is 1.